The van der Waals surface area contributed by atoms with Gasteiger partial charge in [-0.25, -0.2) is 0 Å². The van der Waals surface area contributed by atoms with E-state index >= 15 is 0 Å². The van der Waals surface area contributed by atoms with Gasteiger partial charge in [-0.15, -0.1) is 0 Å². The molecule has 90 valence electrons. The lowest BCUT2D eigenvalue weighted by Crippen LogP contribution is -2.31. The third kappa shape index (κ3) is 1.89. The molecule has 1 aromatic rings. The molecule has 2 amide bonds. The average molecular weight is 233 g/mol. The summed E-state index contributed by atoms with van der Waals surface area (Å²) in [6.45, 7) is 0. The van der Waals surface area contributed by atoms with E-state index in [1.54, 1.807) is 25.1 Å². The van der Waals surface area contributed by atoms with Gasteiger partial charge in [0, 0.05) is 19.8 Å². The number of hydrogen-bond donors (Lipinski definition) is 2. The zero-order valence-electron chi connectivity index (χ0n) is 9.86. The lowest BCUT2D eigenvalue weighted by molar-refractivity contribution is -0.122. The predicted octanol–water partition coefficient (Wildman–Crippen LogP) is -0.0487. The van der Waals surface area contributed by atoms with Crippen molar-refractivity contribution in [3.8, 4) is 0 Å². The second-order valence-corrected chi connectivity index (χ2v) is 4.11. The van der Waals surface area contributed by atoms with Gasteiger partial charge in [0.2, 0.25) is 11.8 Å². The van der Waals surface area contributed by atoms with Gasteiger partial charge in [0.25, 0.3) is 0 Å². The predicted molar refractivity (Wildman–Crippen MR) is 64.6 cm³/mol. The van der Waals surface area contributed by atoms with Crippen molar-refractivity contribution in [2.45, 2.75) is 12.5 Å². The number of rotatable bonds is 2. The van der Waals surface area contributed by atoms with E-state index in [9.17, 15) is 9.59 Å². The molecule has 1 aliphatic rings. The number of hydrogen-bond acceptors (Lipinski definition) is 3. The molecule has 3 N–H and O–H groups in total. The first-order chi connectivity index (χ1) is 8.04. The van der Waals surface area contributed by atoms with Crippen LogP contribution in [0, 0.1) is 0 Å². The van der Waals surface area contributed by atoms with Crippen molar-refractivity contribution in [1.29, 1.82) is 0 Å². The Bertz CT molecular complexity index is 485. The Labute approximate surface area is 99.6 Å². The normalized spacial score (nSPS) is 15.7. The molecule has 1 aliphatic heterocycles. The Balaban J connectivity index is 2.33. The molecule has 1 unspecified atom stereocenters. The number of likely N-dealkylation sites (N-methyl/N-ethyl adjacent to an activating group) is 2. The maximum Gasteiger partial charge on any atom is 0.241 e. The number of carbonyl (C=O) groups excluding carboxylic acids is 2. The van der Waals surface area contributed by atoms with Crippen molar-refractivity contribution < 1.29 is 9.59 Å². The number of amides is 2. The quantitative estimate of drug-likeness (QED) is 0.752. The monoisotopic (exact) mass is 233 g/mol. The number of nitrogens with zero attached hydrogens (tertiary/aromatic N) is 1. The number of nitrogens with two attached hydrogens (primary N) is 1. The van der Waals surface area contributed by atoms with Crippen LogP contribution in [0.1, 0.15) is 17.2 Å². The zero-order valence-corrected chi connectivity index (χ0v) is 9.86. The molecule has 0 spiro atoms. The molecule has 0 bridgehead atoms. The van der Waals surface area contributed by atoms with Crippen LogP contribution in [0.15, 0.2) is 18.2 Å². The van der Waals surface area contributed by atoms with Crippen LogP contribution in [-0.2, 0) is 16.0 Å². The maximum absolute atomic E-state index is 11.5. The highest BCUT2D eigenvalue weighted by Gasteiger charge is 2.25. The third-order valence-corrected chi connectivity index (χ3v) is 3.07. The minimum absolute atomic E-state index is 0.0608. The first-order valence-corrected chi connectivity index (χ1v) is 5.41. The number of nitrogens with one attached hydrogen (secondary N) is 1. The minimum Gasteiger partial charge on any atom is -0.358 e. The first kappa shape index (κ1) is 11.6. The fraction of sp³-hybridized carbons (Fsp3) is 0.333. The molecule has 0 saturated heterocycles. The van der Waals surface area contributed by atoms with Crippen molar-refractivity contribution in [3.63, 3.8) is 0 Å². The average Bonchev–Trinajstić information content (AvgIpc) is 2.62. The molecule has 0 aromatic heterocycles. The van der Waals surface area contributed by atoms with Gasteiger partial charge in [-0.1, -0.05) is 12.1 Å². The summed E-state index contributed by atoms with van der Waals surface area (Å²) in [6, 6.07) is 4.76. The summed E-state index contributed by atoms with van der Waals surface area (Å²) in [7, 11) is 3.29. The highest BCUT2D eigenvalue weighted by atomic mass is 16.2. The number of benzene rings is 1. The Morgan fingerprint density at radius 3 is 2.88 bits per heavy atom. The molecule has 1 atom stereocenters. The van der Waals surface area contributed by atoms with Crippen molar-refractivity contribution in [2.75, 3.05) is 19.0 Å². The lowest BCUT2D eigenvalue weighted by atomic mass is 10.0. The summed E-state index contributed by atoms with van der Waals surface area (Å²) in [5.41, 5.74) is 8.35. The second kappa shape index (κ2) is 4.18. The Morgan fingerprint density at radius 2 is 2.24 bits per heavy atom. The molecule has 0 saturated carbocycles. The van der Waals surface area contributed by atoms with Gasteiger partial charge in [0.15, 0.2) is 0 Å². The number of carbonyl (C=O) groups is 2. The molecule has 17 heavy (non-hydrogen) atoms. The minimum atomic E-state index is -0.689. The van der Waals surface area contributed by atoms with Crippen molar-refractivity contribution in [1.82, 2.24) is 5.32 Å². The van der Waals surface area contributed by atoms with Crippen LogP contribution < -0.4 is 16.0 Å². The van der Waals surface area contributed by atoms with Crippen LogP contribution in [0.3, 0.4) is 0 Å². The molecule has 0 aliphatic carbocycles. The van der Waals surface area contributed by atoms with E-state index in [-0.39, 0.29) is 11.8 Å². The molecule has 5 nitrogen and oxygen atoms in total. The summed E-state index contributed by atoms with van der Waals surface area (Å²) in [5, 5.41) is 2.51. The standard InChI is InChI=1S/C12H15N3O2/c1-14-12(17)11(13)7-3-4-9-8(5-7)6-10(16)15(9)2/h3-5,11H,6,13H2,1-2H3,(H,14,17). The van der Waals surface area contributed by atoms with Gasteiger partial charge in [0.1, 0.15) is 6.04 Å². The first-order valence-electron chi connectivity index (χ1n) is 5.41. The molecular weight excluding hydrogens is 218 g/mol. The van der Waals surface area contributed by atoms with E-state index in [2.05, 4.69) is 5.32 Å². The largest absolute Gasteiger partial charge is 0.358 e. The van der Waals surface area contributed by atoms with E-state index in [0.29, 0.717) is 6.42 Å². The third-order valence-electron chi connectivity index (χ3n) is 3.07. The summed E-state index contributed by atoms with van der Waals surface area (Å²) >= 11 is 0. The summed E-state index contributed by atoms with van der Waals surface area (Å²) in [6.07, 6.45) is 0.375. The number of fused-ring (bicyclic) bond motifs is 1. The number of anilines is 1. The molecule has 5 heteroatoms. The molecule has 0 radical (unpaired) electrons. The molecule has 2 rings (SSSR count). The fourth-order valence-corrected chi connectivity index (χ4v) is 1.99. The summed E-state index contributed by atoms with van der Waals surface area (Å²) in [4.78, 5) is 24.6. The topological polar surface area (TPSA) is 75.4 Å². The van der Waals surface area contributed by atoms with Gasteiger partial charge in [-0.3, -0.25) is 9.59 Å². The molecule has 1 heterocycles. The Morgan fingerprint density at radius 1 is 1.53 bits per heavy atom. The SMILES string of the molecule is CNC(=O)C(N)c1ccc2c(c1)CC(=O)N2C. The van der Waals surface area contributed by atoms with E-state index < -0.39 is 6.04 Å². The van der Waals surface area contributed by atoms with Crippen LogP contribution in [0.2, 0.25) is 0 Å². The lowest BCUT2D eigenvalue weighted by Gasteiger charge is -2.13. The van der Waals surface area contributed by atoms with Crippen LogP contribution in [0.5, 0.6) is 0 Å². The Hall–Kier alpha value is -1.88. The smallest absolute Gasteiger partial charge is 0.241 e. The highest BCUT2D eigenvalue weighted by molar-refractivity contribution is 6.01. The molecule has 0 fully saturated rings. The summed E-state index contributed by atoms with van der Waals surface area (Å²) < 4.78 is 0. The van der Waals surface area contributed by atoms with Gasteiger partial charge < -0.3 is 16.0 Å². The molecule has 1 aromatic carbocycles. The fourth-order valence-electron chi connectivity index (χ4n) is 1.99. The van der Waals surface area contributed by atoms with E-state index in [0.717, 1.165) is 16.8 Å². The maximum atomic E-state index is 11.5. The highest BCUT2D eigenvalue weighted by Crippen LogP contribution is 2.29. The van der Waals surface area contributed by atoms with E-state index in [1.165, 1.54) is 0 Å². The van der Waals surface area contributed by atoms with E-state index in [1.807, 2.05) is 12.1 Å². The van der Waals surface area contributed by atoms with Crippen LogP contribution in [0.25, 0.3) is 0 Å². The van der Waals surface area contributed by atoms with Crippen LogP contribution >= 0.6 is 0 Å². The van der Waals surface area contributed by atoms with Gasteiger partial charge in [-0.05, 0) is 17.2 Å². The van der Waals surface area contributed by atoms with Crippen LogP contribution in [0.4, 0.5) is 5.69 Å². The van der Waals surface area contributed by atoms with Crippen molar-refractivity contribution >= 4 is 17.5 Å². The molecular formula is C12H15N3O2. The second-order valence-electron chi connectivity index (χ2n) is 4.11. The Kier molecular flexibility index (Phi) is 2.85. The van der Waals surface area contributed by atoms with Gasteiger partial charge in [-0.2, -0.15) is 0 Å². The van der Waals surface area contributed by atoms with E-state index in [4.69, 9.17) is 5.73 Å². The van der Waals surface area contributed by atoms with Gasteiger partial charge in [0.05, 0.1) is 6.42 Å². The van der Waals surface area contributed by atoms with Gasteiger partial charge >= 0.3 is 0 Å². The zero-order chi connectivity index (χ0) is 12.6. The summed E-state index contributed by atoms with van der Waals surface area (Å²) in [5.74, 6) is -0.173. The van der Waals surface area contributed by atoms with Crippen molar-refractivity contribution in [2.24, 2.45) is 5.73 Å². The van der Waals surface area contributed by atoms with Crippen molar-refractivity contribution in [3.05, 3.63) is 29.3 Å². The van der Waals surface area contributed by atoms with Crippen LogP contribution in [-0.4, -0.2) is 25.9 Å².